The first-order valence-corrected chi connectivity index (χ1v) is 20.4. The Hall–Kier alpha value is -3.82. The smallest absolute Gasteiger partial charge is 0.408 e. The zero-order valence-corrected chi connectivity index (χ0v) is 35.7. The van der Waals surface area contributed by atoms with Crippen molar-refractivity contribution in [2.24, 2.45) is 17.8 Å². The highest BCUT2D eigenvalue weighted by atomic mass is 19.1. The van der Waals surface area contributed by atoms with Crippen LogP contribution in [0.15, 0.2) is 36.5 Å². The summed E-state index contributed by atoms with van der Waals surface area (Å²) in [7, 11) is 3.65. The van der Waals surface area contributed by atoms with Crippen molar-refractivity contribution in [2.45, 2.75) is 148 Å². The number of nitrogens with one attached hydrogen (secondary N) is 1. The van der Waals surface area contributed by atoms with Crippen molar-refractivity contribution in [2.75, 3.05) is 20.7 Å². The molecule has 2 aromatic rings. The third-order valence-electron chi connectivity index (χ3n) is 12.3. The van der Waals surface area contributed by atoms with Crippen LogP contribution in [0.1, 0.15) is 92.2 Å². The summed E-state index contributed by atoms with van der Waals surface area (Å²) in [5.41, 5.74) is -3.54. The highest BCUT2D eigenvalue weighted by Crippen LogP contribution is 2.41. The molecule has 0 radical (unpaired) electrons. The van der Waals surface area contributed by atoms with E-state index < -0.39 is 83.1 Å². The van der Waals surface area contributed by atoms with Crippen LogP contribution in [0.4, 0.5) is 9.18 Å². The molecular formula is C44H62FN3O10. The van der Waals surface area contributed by atoms with E-state index >= 15 is 4.39 Å². The van der Waals surface area contributed by atoms with Crippen LogP contribution in [0, 0.1) is 24.7 Å². The molecule has 13 nitrogen and oxygen atoms in total. The third-order valence-corrected chi connectivity index (χ3v) is 12.3. The molecule has 1 aromatic carbocycles. The molecule has 0 saturated carbocycles. The van der Waals surface area contributed by atoms with E-state index in [1.54, 1.807) is 40.0 Å². The highest BCUT2D eigenvalue weighted by molar-refractivity contribution is 6.08. The number of hydrogen-bond donors (Lipinski definition) is 2. The number of esters is 1. The number of amides is 1. The molecule has 2 N–H and O–H groups in total. The van der Waals surface area contributed by atoms with Gasteiger partial charge in [0, 0.05) is 35.4 Å². The van der Waals surface area contributed by atoms with Crippen LogP contribution in [0.3, 0.4) is 0 Å². The van der Waals surface area contributed by atoms with E-state index in [-0.39, 0.29) is 37.4 Å². The van der Waals surface area contributed by atoms with E-state index in [9.17, 15) is 24.3 Å². The Morgan fingerprint density at radius 1 is 1.07 bits per heavy atom. The van der Waals surface area contributed by atoms with E-state index in [0.29, 0.717) is 12.8 Å². The number of carbonyl (C=O) groups excluding carboxylic acids is 4. The number of aromatic nitrogens is 1. The van der Waals surface area contributed by atoms with E-state index in [4.69, 9.17) is 23.7 Å². The van der Waals surface area contributed by atoms with Gasteiger partial charge in [-0.1, -0.05) is 57.9 Å². The maximum Gasteiger partial charge on any atom is 0.408 e. The monoisotopic (exact) mass is 811 g/mol. The van der Waals surface area contributed by atoms with Crippen LogP contribution >= 0.6 is 0 Å². The molecule has 1 aromatic heterocycles. The largest absolute Gasteiger partial charge is 0.455 e. The Bertz CT molecular complexity index is 1870. The van der Waals surface area contributed by atoms with Gasteiger partial charge >= 0.3 is 12.1 Å². The number of benzene rings is 1. The molecule has 4 heterocycles. The highest BCUT2D eigenvalue weighted by Gasteiger charge is 2.59. The summed E-state index contributed by atoms with van der Waals surface area (Å²) in [6.07, 6.45) is 0.208. The van der Waals surface area contributed by atoms with Crippen LogP contribution in [0.5, 0.6) is 0 Å². The molecule has 0 unspecified atom stereocenters. The average molecular weight is 812 g/mol. The number of likely N-dealkylation sites (N-methyl/N-ethyl adjacent to an activating group) is 1. The lowest BCUT2D eigenvalue weighted by atomic mass is 9.73. The molecular weight excluding hydrogens is 749 g/mol. The molecule has 0 aliphatic carbocycles. The van der Waals surface area contributed by atoms with Crippen molar-refractivity contribution in [3.05, 3.63) is 47.7 Å². The summed E-state index contributed by atoms with van der Waals surface area (Å²) in [6.45, 7) is 14.5. The number of aryl methyl sites for hydroxylation is 1. The van der Waals surface area contributed by atoms with Crippen molar-refractivity contribution in [1.29, 1.82) is 0 Å². The number of alkyl halides is 1. The molecule has 5 rings (SSSR count). The van der Waals surface area contributed by atoms with Gasteiger partial charge < -0.3 is 39.0 Å². The van der Waals surface area contributed by atoms with Gasteiger partial charge in [0.1, 0.15) is 18.0 Å². The minimum Gasteiger partial charge on any atom is -0.455 e. The number of pyridine rings is 1. The summed E-state index contributed by atoms with van der Waals surface area (Å²) < 4.78 is 48.0. The van der Waals surface area contributed by atoms with Crippen molar-refractivity contribution in [3.8, 4) is 0 Å². The number of ether oxygens (including phenoxy) is 5. The lowest BCUT2D eigenvalue weighted by Crippen LogP contribution is -2.61. The lowest BCUT2D eigenvalue weighted by molar-refractivity contribution is -0.297. The van der Waals surface area contributed by atoms with Crippen molar-refractivity contribution in [1.82, 2.24) is 15.2 Å². The lowest BCUT2D eigenvalue weighted by Gasteiger charge is -2.47. The van der Waals surface area contributed by atoms with Gasteiger partial charge in [0.25, 0.3) is 5.67 Å². The maximum absolute atomic E-state index is 17.0. The van der Waals surface area contributed by atoms with Gasteiger partial charge in [0.15, 0.2) is 17.7 Å². The Balaban J connectivity index is 1.59. The SMILES string of the molecule is CCC[C@H]1OC(=O)[C@@](C)(F)C(=O)[C@H](C)[C@@H](O[C@@H]2O[C@H](C)C[C@H](N(C)C)[C@H]2O)[C@](C)(OC/C=C/c2cnc3ccc(C)cc3c2)C[C@@H](C)C(=O)[C@H](C)[C@@H]2NC(=O)O[C@]12C. The minimum atomic E-state index is -3.19. The van der Waals surface area contributed by atoms with E-state index in [0.717, 1.165) is 29.0 Å². The van der Waals surface area contributed by atoms with Gasteiger partial charge in [-0.25, -0.2) is 14.0 Å². The number of hydrogen-bond acceptors (Lipinski definition) is 12. The van der Waals surface area contributed by atoms with Crippen molar-refractivity contribution < 1.29 is 52.4 Å². The molecule has 3 aliphatic heterocycles. The van der Waals surface area contributed by atoms with Crippen LogP contribution in [-0.4, -0.2) is 119 Å². The summed E-state index contributed by atoms with van der Waals surface area (Å²) in [5.74, 6) is -5.92. The molecule has 3 fully saturated rings. The molecule has 320 valence electrons. The van der Waals surface area contributed by atoms with E-state index in [2.05, 4.69) is 10.3 Å². The minimum absolute atomic E-state index is 0.0390. The number of rotatable bonds is 9. The topological polar surface area (TPSA) is 163 Å². The fourth-order valence-corrected chi connectivity index (χ4v) is 9.03. The summed E-state index contributed by atoms with van der Waals surface area (Å²) in [6, 6.07) is 6.65. The number of alkyl carbamates (subject to hydrolysis) is 1. The number of aliphatic hydroxyl groups excluding tert-OH is 1. The summed E-state index contributed by atoms with van der Waals surface area (Å²) in [4.78, 5) is 62.1. The molecule has 0 bridgehead atoms. The van der Waals surface area contributed by atoms with E-state index in [1.807, 2.05) is 70.1 Å². The van der Waals surface area contributed by atoms with Crippen LogP contribution < -0.4 is 5.32 Å². The normalized spacial score (nSPS) is 38.0. The van der Waals surface area contributed by atoms with Gasteiger partial charge in [0.05, 0.1) is 36.0 Å². The Labute approximate surface area is 341 Å². The molecule has 3 saturated heterocycles. The maximum atomic E-state index is 17.0. The van der Waals surface area contributed by atoms with Gasteiger partial charge in [0.2, 0.25) is 0 Å². The van der Waals surface area contributed by atoms with Crippen LogP contribution in [0.2, 0.25) is 0 Å². The second-order valence-corrected chi connectivity index (χ2v) is 17.4. The fraction of sp³-hybridized carbons (Fsp3) is 0.659. The summed E-state index contributed by atoms with van der Waals surface area (Å²) in [5, 5.41) is 15.3. The van der Waals surface area contributed by atoms with E-state index in [1.165, 1.54) is 6.92 Å². The number of aliphatic hydroxyl groups is 1. The number of cyclic esters (lactones) is 1. The molecule has 13 atom stereocenters. The fourth-order valence-electron chi connectivity index (χ4n) is 9.03. The van der Waals surface area contributed by atoms with Gasteiger partial charge in [-0.15, -0.1) is 0 Å². The quantitative estimate of drug-likeness (QED) is 0.228. The van der Waals surface area contributed by atoms with Crippen LogP contribution in [-0.2, 0) is 38.1 Å². The molecule has 0 spiro atoms. The second-order valence-electron chi connectivity index (χ2n) is 17.4. The zero-order valence-electron chi connectivity index (χ0n) is 35.7. The Kier molecular flexibility index (Phi) is 13.9. The van der Waals surface area contributed by atoms with Crippen molar-refractivity contribution in [3.63, 3.8) is 0 Å². The average Bonchev–Trinajstić information content (AvgIpc) is 3.48. The first-order chi connectivity index (χ1) is 27.1. The number of Topliss-reactive ketones (excluding diaryl/α,β-unsaturated/α-hetero) is 2. The predicted molar refractivity (Wildman–Crippen MR) is 215 cm³/mol. The molecule has 1 amide bonds. The number of fused-ring (bicyclic) bond motifs is 2. The first kappa shape index (κ1) is 45.3. The number of carbonyl (C=O) groups is 4. The molecule has 58 heavy (non-hydrogen) atoms. The second kappa shape index (κ2) is 17.8. The Morgan fingerprint density at radius 3 is 2.45 bits per heavy atom. The zero-order chi connectivity index (χ0) is 42.9. The number of ketones is 2. The summed E-state index contributed by atoms with van der Waals surface area (Å²) >= 11 is 0. The number of halogens is 1. The first-order valence-electron chi connectivity index (χ1n) is 20.4. The van der Waals surface area contributed by atoms with Gasteiger partial charge in [-0.3, -0.25) is 14.6 Å². The molecule has 14 heteroatoms. The van der Waals surface area contributed by atoms with Crippen LogP contribution in [0.25, 0.3) is 17.0 Å². The Morgan fingerprint density at radius 2 is 1.78 bits per heavy atom. The van der Waals surface area contributed by atoms with Crippen molar-refractivity contribution >= 4 is 40.6 Å². The molecule has 3 aliphatic rings. The predicted octanol–water partition coefficient (Wildman–Crippen LogP) is 5.90. The number of nitrogens with zero attached hydrogens (tertiary/aromatic N) is 2. The van der Waals surface area contributed by atoms with Gasteiger partial charge in [-0.2, -0.15) is 0 Å². The standard InChI is InChI=1S/C44H62FN3O10/c1-12-14-33-44(9)36(47-41(53)58-44)27(5)34(49)25(3)22-42(7,54-18-13-15-29-21-30-19-24(2)16-17-31(30)46-23-29)38(28(6)37(51)43(8,45)40(52)56-33)57-39-35(50)32(48(10)11)20-26(4)55-39/h13,15-17,19,21,23,25-28,32-33,35-36,38-39,50H,12,14,18,20,22H2,1-11H3,(H,47,53)/b15-13+/t25-,26-,27+,28+,32+,33-,35-,36+,38-,39+,42-,43+,44-/m1/s1. The van der Waals surface area contributed by atoms with Gasteiger partial charge in [-0.05, 0) is 91.7 Å². The third kappa shape index (κ3) is 9.31.